The zero-order chi connectivity index (χ0) is 20.2. The lowest BCUT2D eigenvalue weighted by molar-refractivity contribution is -0.198. The second kappa shape index (κ2) is 6.55. The first-order chi connectivity index (χ1) is 14.0. The molecule has 5 rings (SSSR count). The van der Waals surface area contributed by atoms with E-state index in [0.29, 0.717) is 22.8 Å². The van der Waals surface area contributed by atoms with Crippen molar-refractivity contribution in [1.29, 1.82) is 0 Å². The van der Waals surface area contributed by atoms with E-state index in [1.165, 1.54) is 0 Å². The van der Waals surface area contributed by atoms with E-state index in [4.69, 9.17) is 14.2 Å². The summed E-state index contributed by atoms with van der Waals surface area (Å²) in [6, 6.07) is 0. The number of aromatic amines is 1. The minimum atomic E-state index is -0.765. The fourth-order valence-corrected chi connectivity index (χ4v) is 3.77. The molecule has 3 aromatic rings. The van der Waals surface area contributed by atoms with Crippen molar-refractivity contribution in [3.8, 4) is 11.8 Å². The third-order valence-electron chi connectivity index (χ3n) is 4.89. The molecule has 11 nitrogen and oxygen atoms in total. The van der Waals surface area contributed by atoms with Crippen molar-refractivity contribution in [2.75, 3.05) is 0 Å². The molecule has 0 aromatic carbocycles. The highest BCUT2D eigenvalue weighted by molar-refractivity contribution is 5.73. The number of tetrazole rings is 1. The highest BCUT2D eigenvalue weighted by Gasteiger charge is 2.57. The molecule has 2 fully saturated rings. The monoisotopic (exact) mass is 396 g/mol. The molecule has 2 aliphatic rings. The van der Waals surface area contributed by atoms with Crippen LogP contribution in [0.5, 0.6) is 0 Å². The Labute approximate surface area is 166 Å². The van der Waals surface area contributed by atoms with Crippen LogP contribution in [0.1, 0.15) is 56.9 Å². The summed E-state index contributed by atoms with van der Waals surface area (Å²) in [4.78, 5) is 13.5. The van der Waals surface area contributed by atoms with Gasteiger partial charge >= 0.3 is 0 Å². The number of fused-ring (bicyclic) bond motifs is 2. The first kappa shape index (κ1) is 18.1. The SMILES string of the molecule is CCC#Cc1nc(C)c2ncn([C@@H]3O[C@H](c4nn[nH]n4)[C@@H]4OC(C)(C)OC43)c2n1. The Kier molecular flexibility index (Phi) is 4.09. The molecule has 2 saturated heterocycles. The number of aromatic nitrogens is 8. The molecular formula is C18H20N8O3. The van der Waals surface area contributed by atoms with Gasteiger partial charge in [0.2, 0.25) is 11.6 Å². The molecule has 2 aliphatic heterocycles. The van der Waals surface area contributed by atoms with Crippen LogP contribution in [-0.4, -0.2) is 58.1 Å². The van der Waals surface area contributed by atoms with E-state index in [0.717, 1.165) is 12.1 Å². The van der Waals surface area contributed by atoms with Crippen molar-refractivity contribution in [3.05, 3.63) is 23.7 Å². The van der Waals surface area contributed by atoms with Crippen LogP contribution in [0.2, 0.25) is 0 Å². The molecular weight excluding hydrogens is 376 g/mol. The molecule has 0 amide bonds. The highest BCUT2D eigenvalue weighted by atomic mass is 16.8. The number of hydrogen-bond acceptors (Lipinski definition) is 9. The van der Waals surface area contributed by atoms with Gasteiger partial charge in [0.25, 0.3) is 0 Å². The molecule has 29 heavy (non-hydrogen) atoms. The Hall–Kier alpha value is -2.94. The Morgan fingerprint density at radius 2 is 2.07 bits per heavy atom. The van der Waals surface area contributed by atoms with Crippen LogP contribution in [0.25, 0.3) is 11.2 Å². The third kappa shape index (κ3) is 2.96. The van der Waals surface area contributed by atoms with Gasteiger partial charge < -0.3 is 14.2 Å². The van der Waals surface area contributed by atoms with Crippen molar-refractivity contribution < 1.29 is 14.2 Å². The van der Waals surface area contributed by atoms with Crippen molar-refractivity contribution in [2.24, 2.45) is 0 Å². The summed E-state index contributed by atoms with van der Waals surface area (Å²) in [6.45, 7) is 7.60. The number of aryl methyl sites for hydroxylation is 1. The normalized spacial score (nSPS) is 27.7. The lowest BCUT2D eigenvalue weighted by atomic mass is 10.1. The van der Waals surface area contributed by atoms with Gasteiger partial charge in [0, 0.05) is 6.42 Å². The quantitative estimate of drug-likeness (QED) is 0.636. The Morgan fingerprint density at radius 3 is 2.83 bits per heavy atom. The summed E-state index contributed by atoms with van der Waals surface area (Å²) in [5.74, 6) is 6.08. The largest absolute Gasteiger partial charge is 0.341 e. The van der Waals surface area contributed by atoms with Crippen molar-refractivity contribution in [1.82, 2.24) is 40.1 Å². The first-order valence-corrected chi connectivity index (χ1v) is 9.41. The number of nitrogens with zero attached hydrogens (tertiary/aromatic N) is 7. The van der Waals surface area contributed by atoms with Crippen molar-refractivity contribution >= 4 is 11.2 Å². The fraction of sp³-hybridized carbons (Fsp3) is 0.556. The minimum absolute atomic E-state index is 0.396. The average Bonchev–Trinajstić information content (AvgIpc) is 3.43. The number of imidazole rings is 1. The van der Waals surface area contributed by atoms with E-state index < -0.39 is 30.3 Å². The van der Waals surface area contributed by atoms with Crippen LogP contribution in [0.4, 0.5) is 0 Å². The van der Waals surface area contributed by atoms with Crippen LogP contribution < -0.4 is 0 Å². The Balaban J connectivity index is 1.59. The molecule has 0 radical (unpaired) electrons. The van der Waals surface area contributed by atoms with Gasteiger partial charge in [-0.3, -0.25) is 4.57 Å². The van der Waals surface area contributed by atoms with Gasteiger partial charge in [-0.2, -0.15) is 5.21 Å². The molecule has 11 heteroatoms. The van der Waals surface area contributed by atoms with Crippen molar-refractivity contribution in [2.45, 2.75) is 64.4 Å². The van der Waals surface area contributed by atoms with Crippen LogP contribution in [-0.2, 0) is 14.2 Å². The molecule has 0 saturated carbocycles. The summed E-state index contributed by atoms with van der Waals surface area (Å²) in [7, 11) is 0. The predicted molar refractivity (Wildman–Crippen MR) is 98.1 cm³/mol. The summed E-state index contributed by atoms with van der Waals surface area (Å²) in [5, 5.41) is 14.2. The maximum absolute atomic E-state index is 6.27. The maximum Gasteiger partial charge on any atom is 0.207 e. The Morgan fingerprint density at radius 1 is 1.24 bits per heavy atom. The van der Waals surface area contributed by atoms with Crippen LogP contribution in [0.15, 0.2) is 6.33 Å². The van der Waals surface area contributed by atoms with Gasteiger partial charge in [-0.1, -0.05) is 18.1 Å². The lowest BCUT2D eigenvalue weighted by Crippen LogP contribution is -2.27. The lowest BCUT2D eigenvalue weighted by Gasteiger charge is -2.23. The van der Waals surface area contributed by atoms with Gasteiger partial charge in [-0.15, -0.1) is 10.2 Å². The van der Waals surface area contributed by atoms with E-state index in [2.05, 4.69) is 47.4 Å². The second-order valence-corrected chi connectivity index (χ2v) is 7.39. The molecule has 1 unspecified atom stereocenters. The summed E-state index contributed by atoms with van der Waals surface area (Å²) >= 11 is 0. The summed E-state index contributed by atoms with van der Waals surface area (Å²) in [6.07, 6.45) is 0.542. The molecule has 0 aliphatic carbocycles. The molecule has 150 valence electrons. The van der Waals surface area contributed by atoms with Crippen molar-refractivity contribution in [3.63, 3.8) is 0 Å². The van der Waals surface area contributed by atoms with Gasteiger partial charge in [0.1, 0.15) is 17.7 Å². The minimum Gasteiger partial charge on any atom is -0.341 e. The zero-order valence-electron chi connectivity index (χ0n) is 16.4. The summed E-state index contributed by atoms with van der Waals surface area (Å²) < 4.78 is 20.4. The van der Waals surface area contributed by atoms with E-state index >= 15 is 0 Å². The third-order valence-corrected chi connectivity index (χ3v) is 4.89. The average molecular weight is 396 g/mol. The molecule has 3 aromatic heterocycles. The van der Waals surface area contributed by atoms with Crippen LogP contribution >= 0.6 is 0 Å². The van der Waals surface area contributed by atoms with Gasteiger partial charge in [0.05, 0.1) is 12.0 Å². The fourth-order valence-electron chi connectivity index (χ4n) is 3.77. The predicted octanol–water partition coefficient (Wildman–Crippen LogP) is 1.20. The zero-order valence-corrected chi connectivity index (χ0v) is 16.4. The number of nitrogens with one attached hydrogen (secondary N) is 1. The first-order valence-electron chi connectivity index (χ1n) is 9.41. The maximum atomic E-state index is 6.27. The molecule has 5 heterocycles. The van der Waals surface area contributed by atoms with E-state index in [-0.39, 0.29) is 0 Å². The topological polar surface area (TPSA) is 126 Å². The van der Waals surface area contributed by atoms with Crippen LogP contribution in [0.3, 0.4) is 0 Å². The number of ether oxygens (including phenoxy) is 3. The molecule has 0 bridgehead atoms. The van der Waals surface area contributed by atoms with Crippen LogP contribution in [0, 0.1) is 18.8 Å². The molecule has 4 atom stereocenters. The van der Waals surface area contributed by atoms with E-state index in [1.807, 2.05) is 32.3 Å². The van der Waals surface area contributed by atoms with E-state index in [1.54, 1.807) is 6.33 Å². The molecule has 1 N–H and O–H groups in total. The number of hydrogen-bond donors (Lipinski definition) is 1. The number of rotatable bonds is 2. The second-order valence-electron chi connectivity index (χ2n) is 7.39. The number of H-pyrrole nitrogens is 1. The highest BCUT2D eigenvalue weighted by Crippen LogP contribution is 2.48. The summed E-state index contributed by atoms with van der Waals surface area (Å²) in [5.41, 5.74) is 2.07. The molecule has 0 spiro atoms. The Bertz CT molecular complexity index is 1110. The van der Waals surface area contributed by atoms with E-state index in [9.17, 15) is 0 Å². The standard InChI is InChI=1S/C18H20N8O3/c1-5-6-7-10-20-9(2)11-16(21-10)26(8-19-11)17-14-12(28-18(3,4)29-14)13(27-17)15-22-24-25-23-15/h8,12-14,17H,5H2,1-4H3,(H,22,23,24,25)/t12-,13-,14?,17+/m0/s1. The van der Waals surface area contributed by atoms with Gasteiger partial charge in [-0.25, -0.2) is 15.0 Å². The van der Waals surface area contributed by atoms with Gasteiger partial charge in [0.15, 0.2) is 23.8 Å². The smallest absolute Gasteiger partial charge is 0.207 e. The van der Waals surface area contributed by atoms with Gasteiger partial charge in [-0.05, 0) is 26.7 Å².